The van der Waals surface area contributed by atoms with Gasteiger partial charge in [-0.1, -0.05) is 23.8 Å². The van der Waals surface area contributed by atoms with Crippen LogP contribution < -0.4 is 4.74 Å². The van der Waals surface area contributed by atoms with E-state index in [1.165, 1.54) is 6.07 Å². The predicted molar refractivity (Wildman–Crippen MR) is 114 cm³/mol. The summed E-state index contributed by atoms with van der Waals surface area (Å²) in [4.78, 5) is 14.6. The summed E-state index contributed by atoms with van der Waals surface area (Å²) in [6.07, 6.45) is 0.886. The van der Waals surface area contributed by atoms with E-state index in [4.69, 9.17) is 17.0 Å². The molecule has 0 saturated carbocycles. The number of halogens is 2. The second kappa shape index (κ2) is 8.97. The zero-order valence-corrected chi connectivity index (χ0v) is 17.8. The fourth-order valence-electron chi connectivity index (χ4n) is 3.68. The number of aromatic amines is 1. The Kier molecular flexibility index (Phi) is 6.13. The van der Waals surface area contributed by atoms with Gasteiger partial charge in [0.15, 0.2) is 22.2 Å². The number of aryl methyl sites for hydroxylation is 1. The average Bonchev–Trinajstić information content (AvgIpc) is 3.11. The van der Waals surface area contributed by atoms with Crippen molar-refractivity contribution in [3.8, 4) is 17.1 Å². The lowest BCUT2D eigenvalue weighted by Gasteiger charge is -2.32. The van der Waals surface area contributed by atoms with Crippen LogP contribution in [0.3, 0.4) is 0 Å². The van der Waals surface area contributed by atoms with Gasteiger partial charge >= 0.3 is 0 Å². The highest BCUT2D eigenvalue weighted by Gasteiger charge is 2.25. The minimum atomic E-state index is -0.725. The van der Waals surface area contributed by atoms with Gasteiger partial charge in [0, 0.05) is 37.6 Å². The molecule has 0 radical (unpaired) electrons. The van der Waals surface area contributed by atoms with Gasteiger partial charge in [-0.05, 0) is 37.3 Å². The molecule has 0 aliphatic carbocycles. The fraction of sp³-hybridized carbons (Fsp3) is 0.318. The van der Waals surface area contributed by atoms with Crippen molar-refractivity contribution >= 4 is 18.1 Å². The lowest BCUT2D eigenvalue weighted by Crippen LogP contribution is -2.43. The number of piperidine rings is 1. The quantitative estimate of drug-likeness (QED) is 0.597. The Hall–Kier alpha value is -3.07. The number of amides is 1. The summed E-state index contributed by atoms with van der Waals surface area (Å²) in [5, 5.41) is 7.06. The van der Waals surface area contributed by atoms with Crippen molar-refractivity contribution in [1.29, 1.82) is 0 Å². The number of carbonyl (C=O) groups excluding carboxylic acids is 1. The molecule has 31 heavy (non-hydrogen) atoms. The smallest absolute Gasteiger partial charge is 0.242 e. The van der Waals surface area contributed by atoms with Crippen LogP contribution in [0.5, 0.6) is 5.75 Å². The largest absolute Gasteiger partial charge is 0.487 e. The highest BCUT2D eigenvalue weighted by molar-refractivity contribution is 7.71. The van der Waals surface area contributed by atoms with Crippen LogP contribution >= 0.6 is 12.2 Å². The molecule has 1 saturated heterocycles. The molecule has 0 bridgehead atoms. The molecule has 6 nitrogen and oxygen atoms in total. The summed E-state index contributed by atoms with van der Waals surface area (Å²) in [6, 6.07) is 11.1. The zero-order valence-electron chi connectivity index (χ0n) is 17.0. The molecule has 3 aromatic rings. The number of hydrogen-bond acceptors (Lipinski definition) is 4. The van der Waals surface area contributed by atoms with E-state index in [0.717, 1.165) is 23.3 Å². The van der Waals surface area contributed by atoms with Crippen molar-refractivity contribution in [2.24, 2.45) is 0 Å². The van der Waals surface area contributed by atoms with Crippen molar-refractivity contribution in [3.05, 3.63) is 64.4 Å². The fourth-order valence-corrected chi connectivity index (χ4v) is 3.87. The van der Waals surface area contributed by atoms with Crippen LogP contribution in [0.4, 0.5) is 8.78 Å². The first-order valence-corrected chi connectivity index (χ1v) is 10.4. The SMILES string of the molecule is Cc1cccc(-c2n[nH]c(=S)n2CC(=O)N2CCC(Oc3ccc(F)cc3F)CC2)c1. The van der Waals surface area contributed by atoms with Gasteiger partial charge in [0.1, 0.15) is 18.5 Å². The molecule has 9 heteroatoms. The molecule has 1 aliphatic rings. The highest BCUT2D eigenvalue weighted by atomic mass is 32.1. The van der Waals surface area contributed by atoms with Crippen molar-refractivity contribution in [2.45, 2.75) is 32.4 Å². The third-order valence-electron chi connectivity index (χ3n) is 5.31. The van der Waals surface area contributed by atoms with Crippen molar-refractivity contribution in [1.82, 2.24) is 19.7 Å². The van der Waals surface area contributed by atoms with Crippen LogP contribution in [-0.4, -0.2) is 44.8 Å². The normalized spacial score (nSPS) is 14.6. The van der Waals surface area contributed by atoms with Gasteiger partial charge in [-0.2, -0.15) is 5.10 Å². The Bertz CT molecular complexity index is 1150. The van der Waals surface area contributed by atoms with Gasteiger partial charge in [-0.25, -0.2) is 8.78 Å². The summed E-state index contributed by atoms with van der Waals surface area (Å²) in [7, 11) is 0. The van der Waals surface area contributed by atoms with Crippen LogP contribution in [-0.2, 0) is 11.3 Å². The molecule has 4 rings (SSSR count). The van der Waals surface area contributed by atoms with E-state index in [1.54, 1.807) is 9.47 Å². The Morgan fingerprint density at radius 1 is 1.23 bits per heavy atom. The molecule has 162 valence electrons. The van der Waals surface area contributed by atoms with Crippen LogP contribution in [0.2, 0.25) is 0 Å². The van der Waals surface area contributed by atoms with E-state index in [9.17, 15) is 13.6 Å². The minimum absolute atomic E-state index is 0.0266. The van der Waals surface area contributed by atoms with Crippen LogP contribution in [0, 0.1) is 23.3 Å². The van der Waals surface area contributed by atoms with Crippen molar-refractivity contribution < 1.29 is 18.3 Å². The van der Waals surface area contributed by atoms with Gasteiger partial charge in [0.2, 0.25) is 5.91 Å². The number of nitrogens with one attached hydrogen (secondary N) is 1. The summed E-state index contributed by atoms with van der Waals surface area (Å²) in [5.41, 5.74) is 1.97. The van der Waals surface area contributed by atoms with E-state index in [-0.39, 0.29) is 24.3 Å². The van der Waals surface area contributed by atoms with Gasteiger partial charge in [0.25, 0.3) is 0 Å². The summed E-state index contributed by atoms with van der Waals surface area (Å²) in [6.45, 7) is 3.04. The van der Waals surface area contributed by atoms with Gasteiger partial charge in [-0.3, -0.25) is 14.5 Å². The second-order valence-electron chi connectivity index (χ2n) is 7.58. The second-order valence-corrected chi connectivity index (χ2v) is 7.97. The number of likely N-dealkylation sites (tertiary alicyclic amines) is 1. The maximum absolute atomic E-state index is 13.8. The number of ether oxygens (including phenoxy) is 1. The predicted octanol–water partition coefficient (Wildman–Crippen LogP) is 4.26. The number of hydrogen-bond donors (Lipinski definition) is 1. The Balaban J connectivity index is 1.39. The molecular weight excluding hydrogens is 422 g/mol. The van der Waals surface area contributed by atoms with Gasteiger partial charge in [0.05, 0.1) is 0 Å². The Morgan fingerprint density at radius 3 is 2.71 bits per heavy atom. The number of rotatable bonds is 5. The molecule has 1 amide bonds. The summed E-state index contributed by atoms with van der Waals surface area (Å²) < 4.78 is 34.6. The molecule has 1 N–H and O–H groups in total. The highest BCUT2D eigenvalue weighted by Crippen LogP contribution is 2.24. The first kappa shape index (κ1) is 21.2. The molecule has 1 fully saturated rings. The van der Waals surface area contributed by atoms with E-state index in [0.29, 0.717) is 36.5 Å². The third kappa shape index (κ3) is 4.82. The Labute approximate surface area is 183 Å². The first-order valence-electron chi connectivity index (χ1n) is 10.0. The Morgan fingerprint density at radius 2 is 2.00 bits per heavy atom. The molecule has 1 aromatic heterocycles. The van der Waals surface area contributed by atoms with E-state index in [1.807, 2.05) is 31.2 Å². The summed E-state index contributed by atoms with van der Waals surface area (Å²) >= 11 is 5.33. The minimum Gasteiger partial charge on any atom is -0.487 e. The molecule has 2 aromatic carbocycles. The number of benzene rings is 2. The van der Waals surface area contributed by atoms with Crippen LogP contribution in [0.15, 0.2) is 42.5 Å². The van der Waals surface area contributed by atoms with Crippen molar-refractivity contribution in [2.75, 3.05) is 13.1 Å². The number of aromatic nitrogens is 3. The zero-order chi connectivity index (χ0) is 22.0. The van der Waals surface area contributed by atoms with E-state index >= 15 is 0 Å². The summed E-state index contributed by atoms with van der Waals surface area (Å²) in [5.74, 6) is -0.798. The maximum atomic E-state index is 13.8. The lowest BCUT2D eigenvalue weighted by molar-refractivity contribution is -0.133. The maximum Gasteiger partial charge on any atom is 0.242 e. The molecule has 0 spiro atoms. The number of carbonyl (C=O) groups is 1. The third-order valence-corrected chi connectivity index (χ3v) is 5.62. The van der Waals surface area contributed by atoms with E-state index in [2.05, 4.69) is 10.2 Å². The molecule has 0 unspecified atom stereocenters. The monoisotopic (exact) mass is 444 g/mol. The standard InChI is InChI=1S/C22H22F2N4O2S/c1-14-3-2-4-15(11-14)21-25-26-22(31)28(21)13-20(29)27-9-7-17(8-10-27)30-19-6-5-16(23)12-18(19)24/h2-6,11-12,17H,7-10,13H2,1H3,(H,26,31). The molecule has 0 atom stereocenters. The topological polar surface area (TPSA) is 63.2 Å². The van der Waals surface area contributed by atoms with E-state index < -0.39 is 11.6 Å². The lowest BCUT2D eigenvalue weighted by atomic mass is 10.1. The van der Waals surface area contributed by atoms with Crippen LogP contribution in [0.1, 0.15) is 18.4 Å². The molecular formula is C22H22F2N4O2S. The number of H-pyrrole nitrogens is 1. The number of nitrogens with zero attached hydrogens (tertiary/aromatic N) is 3. The average molecular weight is 445 g/mol. The molecule has 1 aliphatic heterocycles. The van der Waals surface area contributed by atoms with Gasteiger partial charge < -0.3 is 9.64 Å². The van der Waals surface area contributed by atoms with Crippen molar-refractivity contribution in [3.63, 3.8) is 0 Å². The van der Waals surface area contributed by atoms with Gasteiger partial charge in [-0.15, -0.1) is 0 Å². The first-order chi connectivity index (χ1) is 14.9. The molecule has 2 heterocycles. The van der Waals surface area contributed by atoms with Crippen LogP contribution in [0.25, 0.3) is 11.4 Å².